The van der Waals surface area contributed by atoms with Crippen LogP contribution >= 0.6 is 0 Å². The Morgan fingerprint density at radius 2 is 1.95 bits per heavy atom. The highest BCUT2D eigenvalue weighted by Crippen LogP contribution is 2.11. The van der Waals surface area contributed by atoms with Gasteiger partial charge in [-0.05, 0) is 29.8 Å². The Bertz CT molecular complexity index is 471. The second kappa shape index (κ2) is 7.38. The zero-order valence-electron chi connectivity index (χ0n) is 11.0. The number of hydrogen-bond donors (Lipinski definition) is 1. The van der Waals surface area contributed by atoms with Gasteiger partial charge in [-0.25, -0.2) is 4.98 Å². The number of pyridine rings is 1. The first-order valence-electron chi connectivity index (χ1n) is 6.24. The number of aromatic nitrogens is 1. The number of nitrogens with zero attached hydrogens (tertiary/aromatic N) is 1. The topological polar surface area (TPSA) is 43.4 Å². The van der Waals surface area contributed by atoms with E-state index in [1.807, 2.05) is 42.5 Å². The molecular weight excluding hydrogens is 240 g/mol. The predicted octanol–water partition coefficient (Wildman–Crippen LogP) is 2.72. The summed E-state index contributed by atoms with van der Waals surface area (Å²) < 4.78 is 10.7. The second-order valence-electron chi connectivity index (χ2n) is 4.04. The van der Waals surface area contributed by atoms with Crippen LogP contribution in [0.5, 0.6) is 5.75 Å². The van der Waals surface area contributed by atoms with Gasteiger partial charge in [-0.1, -0.05) is 18.2 Å². The third-order valence-corrected chi connectivity index (χ3v) is 2.65. The quantitative estimate of drug-likeness (QED) is 0.775. The average molecular weight is 258 g/mol. The van der Waals surface area contributed by atoms with Crippen molar-refractivity contribution < 1.29 is 9.47 Å². The van der Waals surface area contributed by atoms with Gasteiger partial charge in [-0.2, -0.15) is 0 Å². The van der Waals surface area contributed by atoms with Crippen LogP contribution in [0.15, 0.2) is 48.7 Å². The van der Waals surface area contributed by atoms with E-state index in [-0.39, 0.29) is 0 Å². The minimum atomic E-state index is 0.605. The zero-order chi connectivity index (χ0) is 13.3. The lowest BCUT2D eigenvalue weighted by Gasteiger charge is -2.07. The first-order valence-corrected chi connectivity index (χ1v) is 6.24. The highest BCUT2D eigenvalue weighted by atomic mass is 16.5. The molecule has 0 saturated heterocycles. The Kier molecular flexibility index (Phi) is 5.19. The van der Waals surface area contributed by atoms with Gasteiger partial charge in [0, 0.05) is 12.7 Å². The van der Waals surface area contributed by atoms with Crippen molar-refractivity contribution in [3.05, 3.63) is 54.2 Å². The summed E-state index contributed by atoms with van der Waals surface area (Å²) in [6.07, 6.45) is 1.76. The lowest BCUT2D eigenvalue weighted by Crippen LogP contribution is -2.10. The summed E-state index contributed by atoms with van der Waals surface area (Å²) in [5.41, 5.74) is 1.14. The van der Waals surface area contributed by atoms with Crippen LogP contribution in [-0.2, 0) is 11.3 Å². The number of anilines is 1. The molecule has 19 heavy (non-hydrogen) atoms. The van der Waals surface area contributed by atoms with E-state index >= 15 is 0 Å². The molecule has 0 amide bonds. The molecule has 0 radical (unpaired) electrons. The van der Waals surface area contributed by atoms with Gasteiger partial charge >= 0.3 is 0 Å². The van der Waals surface area contributed by atoms with Gasteiger partial charge in [0.2, 0.25) is 0 Å². The molecule has 0 aliphatic heterocycles. The van der Waals surface area contributed by atoms with Gasteiger partial charge in [-0.3, -0.25) is 0 Å². The molecule has 0 fully saturated rings. The fourth-order valence-electron chi connectivity index (χ4n) is 1.63. The highest BCUT2D eigenvalue weighted by Gasteiger charge is 1.95. The lowest BCUT2D eigenvalue weighted by atomic mass is 10.2. The maximum atomic E-state index is 5.58. The van der Waals surface area contributed by atoms with E-state index in [2.05, 4.69) is 10.3 Å². The minimum Gasteiger partial charge on any atom is -0.497 e. The van der Waals surface area contributed by atoms with Crippen molar-refractivity contribution in [2.45, 2.75) is 6.61 Å². The van der Waals surface area contributed by atoms with Crippen molar-refractivity contribution in [1.82, 2.24) is 4.98 Å². The fraction of sp³-hybridized carbons (Fsp3) is 0.267. The van der Waals surface area contributed by atoms with E-state index in [1.165, 1.54) is 0 Å². The highest BCUT2D eigenvalue weighted by molar-refractivity contribution is 5.32. The number of nitrogens with one attached hydrogen (secondary N) is 1. The van der Waals surface area contributed by atoms with Gasteiger partial charge in [0.1, 0.15) is 11.6 Å². The van der Waals surface area contributed by atoms with Gasteiger partial charge < -0.3 is 14.8 Å². The van der Waals surface area contributed by atoms with Crippen LogP contribution in [-0.4, -0.2) is 25.2 Å². The molecule has 1 aromatic heterocycles. The smallest absolute Gasteiger partial charge is 0.125 e. The number of ether oxygens (including phenoxy) is 2. The fourth-order valence-corrected chi connectivity index (χ4v) is 1.63. The molecular formula is C15H18N2O2. The molecule has 0 aliphatic rings. The summed E-state index contributed by atoms with van der Waals surface area (Å²) in [5.74, 6) is 1.73. The molecule has 1 N–H and O–H groups in total. The molecule has 1 heterocycles. The summed E-state index contributed by atoms with van der Waals surface area (Å²) in [5, 5.41) is 3.19. The molecule has 2 rings (SSSR count). The van der Waals surface area contributed by atoms with E-state index in [9.17, 15) is 0 Å². The molecule has 0 unspecified atom stereocenters. The van der Waals surface area contributed by atoms with Crippen molar-refractivity contribution in [3.8, 4) is 5.75 Å². The molecule has 0 aliphatic carbocycles. The van der Waals surface area contributed by atoms with Crippen LogP contribution in [0.1, 0.15) is 5.56 Å². The van der Waals surface area contributed by atoms with Gasteiger partial charge in [0.05, 0.1) is 20.3 Å². The molecule has 0 bridgehead atoms. The van der Waals surface area contributed by atoms with Gasteiger partial charge in [0.25, 0.3) is 0 Å². The normalized spacial score (nSPS) is 10.2. The zero-order valence-corrected chi connectivity index (χ0v) is 11.0. The van der Waals surface area contributed by atoms with Crippen LogP contribution in [0, 0.1) is 0 Å². The third kappa shape index (κ3) is 4.60. The number of hydrogen-bond acceptors (Lipinski definition) is 4. The van der Waals surface area contributed by atoms with Crippen LogP contribution in [0.4, 0.5) is 5.82 Å². The van der Waals surface area contributed by atoms with Gasteiger partial charge in [-0.15, -0.1) is 0 Å². The Labute approximate surface area is 113 Å². The van der Waals surface area contributed by atoms with Crippen molar-refractivity contribution in [2.75, 3.05) is 25.6 Å². The summed E-state index contributed by atoms with van der Waals surface area (Å²) in [6.45, 7) is 1.99. The molecule has 0 spiro atoms. The monoisotopic (exact) mass is 258 g/mol. The molecule has 0 saturated carbocycles. The Morgan fingerprint density at radius 1 is 1.11 bits per heavy atom. The van der Waals surface area contributed by atoms with E-state index < -0.39 is 0 Å². The van der Waals surface area contributed by atoms with Crippen LogP contribution < -0.4 is 10.1 Å². The maximum Gasteiger partial charge on any atom is 0.125 e. The molecule has 1 aromatic carbocycles. The van der Waals surface area contributed by atoms with Crippen LogP contribution in [0.3, 0.4) is 0 Å². The molecule has 2 aromatic rings. The summed E-state index contributed by atoms with van der Waals surface area (Å²) in [7, 11) is 1.66. The first-order chi connectivity index (χ1) is 9.38. The lowest BCUT2D eigenvalue weighted by molar-refractivity contribution is 0.130. The Balaban J connectivity index is 1.63. The van der Waals surface area contributed by atoms with Crippen LogP contribution in [0.25, 0.3) is 0 Å². The largest absolute Gasteiger partial charge is 0.497 e. The van der Waals surface area contributed by atoms with E-state index in [0.29, 0.717) is 13.2 Å². The average Bonchev–Trinajstić information content (AvgIpc) is 2.49. The summed E-state index contributed by atoms with van der Waals surface area (Å²) in [4.78, 5) is 4.17. The minimum absolute atomic E-state index is 0.605. The number of methoxy groups -OCH3 is 1. The summed E-state index contributed by atoms with van der Waals surface area (Å²) in [6, 6.07) is 13.7. The molecule has 4 nitrogen and oxygen atoms in total. The van der Waals surface area contributed by atoms with E-state index in [0.717, 1.165) is 23.7 Å². The van der Waals surface area contributed by atoms with E-state index in [4.69, 9.17) is 9.47 Å². The van der Waals surface area contributed by atoms with Gasteiger partial charge in [0.15, 0.2) is 0 Å². The van der Waals surface area contributed by atoms with Crippen LogP contribution in [0.2, 0.25) is 0 Å². The Morgan fingerprint density at radius 3 is 2.63 bits per heavy atom. The molecule has 4 heteroatoms. The number of benzene rings is 1. The first kappa shape index (κ1) is 13.4. The maximum absolute atomic E-state index is 5.58. The third-order valence-electron chi connectivity index (χ3n) is 2.65. The standard InChI is InChI=1S/C15H18N2O2/c1-18-14-7-5-13(6-8-14)12-19-11-10-17-15-4-2-3-9-16-15/h2-9H,10-12H2,1H3,(H,16,17). The van der Waals surface area contributed by atoms with Crippen molar-refractivity contribution in [2.24, 2.45) is 0 Å². The Hall–Kier alpha value is -2.07. The van der Waals surface area contributed by atoms with Crippen molar-refractivity contribution in [3.63, 3.8) is 0 Å². The predicted molar refractivity (Wildman–Crippen MR) is 75.4 cm³/mol. The SMILES string of the molecule is COc1ccc(COCCNc2ccccn2)cc1. The van der Waals surface area contributed by atoms with Crippen molar-refractivity contribution >= 4 is 5.82 Å². The number of rotatable bonds is 7. The van der Waals surface area contributed by atoms with Crippen molar-refractivity contribution in [1.29, 1.82) is 0 Å². The molecule has 100 valence electrons. The van der Waals surface area contributed by atoms with E-state index in [1.54, 1.807) is 13.3 Å². The second-order valence-corrected chi connectivity index (χ2v) is 4.04. The summed E-state index contributed by atoms with van der Waals surface area (Å²) >= 11 is 0. The molecule has 0 atom stereocenters.